The third kappa shape index (κ3) is 4.98. The van der Waals surface area contributed by atoms with Crippen LogP contribution in [0.1, 0.15) is 19.4 Å². The molecule has 28 heavy (non-hydrogen) atoms. The molecule has 0 radical (unpaired) electrons. The maximum atomic E-state index is 12.2. The number of hydrogen-bond donors (Lipinski definition) is 2. The maximum absolute atomic E-state index is 12.2. The van der Waals surface area contributed by atoms with Crippen molar-refractivity contribution in [3.8, 4) is 0 Å². The summed E-state index contributed by atoms with van der Waals surface area (Å²) in [5.74, 6) is -1.88. The molecule has 0 bridgehead atoms. The number of nitrogens with one attached hydrogen (secondary N) is 2. The Morgan fingerprint density at radius 1 is 1.04 bits per heavy atom. The minimum absolute atomic E-state index is 0.00961. The van der Waals surface area contributed by atoms with Crippen molar-refractivity contribution in [3.63, 3.8) is 0 Å². The predicted octanol–water partition coefficient (Wildman–Crippen LogP) is 3.98. The molecule has 0 heterocycles. The fourth-order valence-electron chi connectivity index (χ4n) is 2.65. The van der Waals surface area contributed by atoms with Gasteiger partial charge in [-0.3, -0.25) is 19.7 Å². The van der Waals surface area contributed by atoms with Gasteiger partial charge in [0.15, 0.2) is 0 Å². The lowest BCUT2D eigenvalue weighted by Gasteiger charge is -2.22. The minimum atomic E-state index is -0.977. The van der Waals surface area contributed by atoms with Gasteiger partial charge in [0.2, 0.25) is 0 Å². The number of anilines is 3. The van der Waals surface area contributed by atoms with Crippen molar-refractivity contribution in [1.82, 2.24) is 0 Å². The van der Waals surface area contributed by atoms with Crippen LogP contribution >= 0.6 is 11.6 Å². The van der Waals surface area contributed by atoms with Crippen molar-refractivity contribution in [2.75, 3.05) is 28.6 Å². The SMILES string of the molecule is CCN(CC)c1ccc(NC(=O)C(=O)Nc2cc([N+](=O)[O-])ccc2Cl)c(C)c1. The average molecular weight is 405 g/mol. The minimum Gasteiger partial charge on any atom is -0.372 e. The van der Waals surface area contributed by atoms with Gasteiger partial charge in [-0.2, -0.15) is 0 Å². The van der Waals surface area contributed by atoms with Gasteiger partial charge in [-0.15, -0.1) is 0 Å². The molecule has 2 aromatic rings. The lowest BCUT2D eigenvalue weighted by molar-refractivity contribution is -0.384. The normalized spacial score (nSPS) is 10.3. The number of benzene rings is 2. The second kappa shape index (κ2) is 9.18. The van der Waals surface area contributed by atoms with Crippen LogP contribution in [0.3, 0.4) is 0 Å². The Labute approximate surface area is 167 Å². The monoisotopic (exact) mass is 404 g/mol. The summed E-state index contributed by atoms with van der Waals surface area (Å²) in [7, 11) is 0. The van der Waals surface area contributed by atoms with Gasteiger partial charge < -0.3 is 15.5 Å². The highest BCUT2D eigenvalue weighted by Gasteiger charge is 2.18. The number of aryl methyl sites for hydroxylation is 1. The third-order valence-electron chi connectivity index (χ3n) is 4.20. The standard InChI is InChI=1S/C19H21ClN4O4/c1-4-23(5-2)13-7-9-16(12(3)10-13)21-18(25)19(26)22-17-11-14(24(27)28)6-8-15(17)20/h6-11H,4-5H2,1-3H3,(H,21,25)(H,22,26). The summed E-state index contributed by atoms with van der Waals surface area (Å²) in [5, 5.41) is 15.8. The zero-order valence-corrected chi connectivity index (χ0v) is 16.5. The molecule has 148 valence electrons. The lowest BCUT2D eigenvalue weighted by atomic mass is 10.1. The molecule has 0 spiro atoms. The maximum Gasteiger partial charge on any atom is 0.314 e. The molecular weight excluding hydrogens is 384 g/mol. The second-order valence-corrected chi connectivity index (χ2v) is 6.41. The Balaban J connectivity index is 2.12. The van der Waals surface area contributed by atoms with Crippen LogP contribution in [-0.4, -0.2) is 29.8 Å². The molecule has 9 heteroatoms. The van der Waals surface area contributed by atoms with Crippen LogP contribution in [0.2, 0.25) is 5.02 Å². The summed E-state index contributed by atoms with van der Waals surface area (Å²) >= 11 is 5.94. The molecule has 2 amide bonds. The summed E-state index contributed by atoms with van der Waals surface area (Å²) in [6, 6.07) is 9.11. The summed E-state index contributed by atoms with van der Waals surface area (Å²) in [6.07, 6.45) is 0. The van der Waals surface area contributed by atoms with E-state index in [2.05, 4.69) is 29.4 Å². The van der Waals surface area contributed by atoms with Crippen molar-refractivity contribution in [2.24, 2.45) is 0 Å². The van der Waals surface area contributed by atoms with Gasteiger partial charge >= 0.3 is 11.8 Å². The van der Waals surface area contributed by atoms with E-state index in [1.807, 2.05) is 19.1 Å². The molecular formula is C19H21ClN4O4. The van der Waals surface area contributed by atoms with Crippen molar-refractivity contribution < 1.29 is 14.5 Å². The number of non-ortho nitro benzene ring substituents is 1. The number of rotatable bonds is 6. The summed E-state index contributed by atoms with van der Waals surface area (Å²) in [4.78, 5) is 36.8. The van der Waals surface area contributed by atoms with E-state index < -0.39 is 16.7 Å². The molecule has 0 fully saturated rings. The Hall–Kier alpha value is -3.13. The van der Waals surface area contributed by atoms with E-state index in [0.717, 1.165) is 30.4 Å². The van der Waals surface area contributed by atoms with Gasteiger partial charge in [0.1, 0.15) is 0 Å². The topological polar surface area (TPSA) is 105 Å². The quantitative estimate of drug-likeness (QED) is 0.430. The largest absolute Gasteiger partial charge is 0.372 e. The van der Waals surface area contributed by atoms with E-state index in [0.29, 0.717) is 5.69 Å². The molecule has 2 rings (SSSR count). The van der Waals surface area contributed by atoms with E-state index in [4.69, 9.17) is 11.6 Å². The molecule has 2 N–H and O–H groups in total. The highest BCUT2D eigenvalue weighted by molar-refractivity contribution is 6.45. The van der Waals surface area contributed by atoms with Crippen LogP contribution in [-0.2, 0) is 9.59 Å². The summed E-state index contributed by atoms with van der Waals surface area (Å²) < 4.78 is 0. The summed E-state index contributed by atoms with van der Waals surface area (Å²) in [6.45, 7) is 7.65. The second-order valence-electron chi connectivity index (χ2n) is 6.00. The average Bonchev–Trinajstić information content (AvgIpc) is 2.66. The van der Waals surface area contributed by atoms with Crippen LogP contribution in [0.4, 0.5) is 22.7 Å². The highest BCUT2D eigenvalue weighted by atomic mass is 35.5. The van der Waals surface area contributed by atoms with Crippen LogP contribution < -0.4 is 15.5 Å². The van der Waals surface area contributed by atoms with Crippen LogP contribution in [0, 0.1) is 17.0 Å². The van der Waals surface area contributed by atoms with Gasteiger partial charge in [0.05, 0.1) is 15.6 Å². The smallest absolute Gasteiger partial charge is 0.314 e. The predicted molar refractivity (Wildman–Crippen MR) is 110 cm³/mol. The molecule has 0 aromatic heterocycles. The Bertz CT molecular complexity index is 913. The first-order chi connectivity index (χ1) is 13.3. The Morgan fingerprint density at radius 2 is 1.64 bits per heavy atom. The van der Waals surface area contributed by atoms with E-state index in [-0.39, 0.29) is 16.4 Å². The number of nitro benzene ring substituents is 1. The fourth-order valence-corrected chi connectivity index (χ4v) is 2.82. The molecule has 0 saturated carbocycles. The van der Waals surface area contributed by atoms with Crippen molar-refractivity contribution >= 4 is 46.2 Å². The molecule has 2 aromatic carbocycles. The number of halogens is 1. The first-order valence-electron chi connectivity index (χ1n) is 8.68. The van der Waals surface area contributed by atoms with Crippen molar-refractivity contribution in [3.05, 3.63) is 57.1 Å². The highest BCUT2D eigenvalue weighted by Crippen LogP contribution is 2.27. The van der Waals surface area contributed by atoms with Crippen LogP contribution in [0.15, 0.2) is 36.4 Å². The van der Waals surface area contributed by atoms with Gasteiger partial charge in [-0.05, 0) is 50.6 Å². The number of amides is 2. The molecule has 0 saturated heterocycles. The summed E-state index contributed by atoms with van der Waals surface area (Å²) in [5.41, 5.74) is 2.07. The third-order valence-corrected chi connectivity index (χ3v) is 4.53. The van der Waals surface area contributed by atoms with E-state index in [1.54, 1.807) is 6.07 Å². The van der Waals surface area contributed by atoms with Gasteiger partial charge in [-0.25, -0.2) is 0 Å². The number of carbonyl (C=O) groups excluding carboxylic acids is 2. The Kier molecular flexibility index (Phi) is 6.94. The zero-order chi connectivity index (χ0) is 20.8. The molecule has 0 aliphatic rings. The number of nitro groups is 1. The van der Waals surface area contributed by atoms with Crippen molar-refractivity contribution in [2.45, 2.75) is 20.8 Å². The molecule has 8 nitrogen and oxygen atoms in total. The van der Waals surface area contributed by atoms with Crippen molar-refractivity contribution in [1.29, 1.82) is 0 Å². The number of nitrogens with zero attached hydrogens (tertiary/aromatic N) is 2. The van der Waals surface area contributed by atoms with Gasteiger partial charge in [-0.1, -0.05) is 11.6 Å². The first-order valence-corrected chi connectivity index (χ1v) is 9.06. The first kappa shape index (κ1) is 21.2. The number of hydrogen-bond acceptors (Lipinski definition) is 5. The molecule has 0 aliphatic carbocycles. The van der Waals surface area contributed by atoms with E-state index in [1.165, 1.54) is 12.1 Å². The fraction of sp³-hybridized carbons (Fsp3) is 0.263. The molecule has 0 unspecified atom stereocenters. The lowest BCUT2D eigenvalue weighted by Crippen LogP contribution is -2.29. The molecule has 0 atom stereocenters. The van der Waals surface area contributed by atoms with E-state index in [9.17, 15) is 19.7 Å². The zero-order valence-electron chi connectivity index (χ0n) is 15.8. The van der Waals surface area contributed by atoms with Gasteiger partial charge in [0.25, 0.3) is 5.69 Å². The van der Waals surface area contributed by atoms with Gasteiger partial charge in [0, 0.05) is 36.6 Å². The Morgan fingerprint density at radius 3 is 2.18 bits per heavy atom. The molecule has 0 aliphatic heterocycles. The number of carbonyl (C=O) groups is 2. The van der Waals surface area contributed by atoms with E-state index >= 15 is 0 Å². The van der Waals surface area contributed by atoms with Crippen LogP contribution in [0.5, 0.6) is 0 Å². The van der Waals surface area contributed by atoms with Crippen LogP contribution in [0.25, 0.3) is 0 Å².